The van der Waals surface area contributed by atoms with E-state index in [1.807, 2.05) is 26.0 Å². The predicted octanol–water partition coefficient (Wildman–Crippen LogP) is 2.21. The van der Waals surface area contributed by atoms with Crippen molar-refractivity contribution in [2.24, 2.45) is 0 Å². The molecule has 0 saturated heterocycles. The predicted molar refractivity (Wildman–Crippen MR) is 61.4 cm³/mol. The molecule has 0 radical (unpaired) electrons. The molecule has 82 valence electrons. The second kappa shape index (κ2) is 4.34. The summed E-state index contributed by atoms with van der Waals surface area (Å²) in [5.41, 5.74) is 3.26. The highest BCUT2D eigenvalue weighted by atomic mass is 16.4. The minimum Gasteiger partial charge on any atom is -0.480 e. The van der Waals surface area contributed by atoms with Gasteiger partial charge >= 0.3 is 5.97 Å². The number of carboxylic acids is 1. The third-order valence-electron chi connectivity index (χ3n) is 2.67. The van der Waals surface area contributed by atoms with Crippen molar-refractivity contribution in [1.82, 2.24) is 0 Å². The number of anilines is 1. The Morgan fingerprint density at radius 2 is 2.00 bits per heavy atom. The summed E-state index contributed by atoms with van der Waals surface area (Å²) < 4.78 is 0. The van der Waals surface area contributed by atoms with Crippen LogP contribution in [0.4, 0.5) is 5.69 Å². The van der Waals surface area contributed by atoms with Crippen LogP contribution >= 0.6 is 0 Å². The number of likely N-dealkylation sites (N-methyl/N-ethyl adjacent to an activating group) is 1. The molecule has 1 aromatic carbocycles. The van der Waals surface area contributed by atoms with Crippen LogP contribution in [-0.2, 0) is 4.79 Å². The second-order valence-electron chi connectivity index (χ2n) is 3.92. The van der Waals surface area contributed by atoms with Gasteiger partial charge in [-0.2, -0.15) is 0 Å². The molecule has 3 heteroatoms. The van der Waals surface area contributed by atoms with Gasteiger partial charge in [0.2, 0.25) is 0 Å². The number of carboxylic acid groups (broad SMARTS) is 1. The largest absolute Gasteiger partial charge is 0.480 e. The molecule has 0 aliphatic heterocycles. The second-order valence-corrected chi connectivity index (χ2v) is 3.92. The molecule has 0 amide bonds. The van der Waals surface area contributed by atoms with Gasteiger partial charge in [-0.1, -0.05) is 17.7 Å². The van der Waals surface area contributed by atoms with Gasteiger partial charge in [0.15, 0.2) is 0 Å². The zero-order valence-corrected chi connectivity index (χ0v) is 9.61. The van der Waals surface area contributed by atoms with E-state index in [9.17, 15) is 4.79 Å². The van der Waals surface area contributed by atoms with Gasteiger partial charge in [0.1, 0.15) is 6.04 Å². The SMILES string of the molecule is Cc1ccc(N(C)[C@@H](C)C(=O)O)c(C)c1. The molecule has 0 bridgehead atoms. The van der Waals surface area contributed by atoms with Gasteiger partial charge in [-0.25, -0.2) is 4.79 Å². The van der Waals surface area contributed by atoms with Gasteiger partial charge in [-0.3, -0.25) is 0 Å². The molecule has 0 heterocycles. The third kappa shape index (κ3) is 2.49. The van der Waals surface area contributed by atoms with Crippen LogP contribution in [0.15, 0.2) is 18.2 Å². The lowest BCUT2D eigenvalue weighted by Gasteiger charge is -2.25. The van der Waals surface area contributed by atoms with E-state index in [-0.39, 0.29) is 0 Å². The summed E-state index contributed by atoms with van der Waals surface area (Å²) in [7, 11) is 1.80. The van der Waals surface area contributed by atoms with E-state index in [1.54, 1.807) is 18.9 Å². The first-order chi connectivity index (χ1) is 6.93. The van der Waals surface area contributed by atoms with Crippen LogP contribution < -0.4 is 4.90 Å². The number of hydrogen-bond donors (Lipinski definition) is 1. The molecule has 0 fully saturated rings. The van der Waals surface area contributed by atoms with E-state index in [4.69, 9.17) is 5.11 Å². The maximum atomic E-state index is 10.9. The lowest BCUT2D eigenvalue weighted by Crippen LogP contribution is -2.36. The van der Waals surface area contributed by atoms with Crippen molar-refractivity contribution in [3.63, 3.8) is 0 Å². The Kier molecular flexibility index (Phi) is 3.35. The molecule has 0 unspecified atom stereocenters. The van der Waals surface area contributed by atoms with Crippen molar-refractivity contribution < 1.29 is 9.90 Å². The zero-order valence-electron chi connectivity index (χ0n) is 9.61. The monoisotopic (exact) mass is 207 g/mol. The first kappa shape index (κ1) is 11.6. The molecule has 1 rings (SSSR count). The summed E-state index contributed by atoms with van der Waals surface area (Å²) >= 11 is 0. The van der Waals surface area contributed by atoms with Gasteiger partial charge in [0, 0.05) is 12.7 Å². The van der Waals surface area contributed by atoms with E-state index in [0.29, 0.717) is 0 Å². The van der Waals surface area contributed by atoms with Crippen LogP contribution in [0, 0.1) is 13.8 Å². The van der Waals surface area contributed by atoms with Crippen LogP contribution in [0.1, 0.15) is 18.1 Å². The number of nitrogens with zero attached hydrogens (tertiary/aromatic N) is 1. The molecule has 1 N–H and O–H groups in total. The molecular formula is C12H17NO2. The Hall–Kier alpha value is -1.51. The third-order valence-corrected chi connectivity index (χ3v) is 2.67. The zero-order chi connectivity index (χ0) is 11.6. The maximum Gasteiger partial charge on any atom is 0.326 e. The Morgan fingerprint density at radius 1 is 1.40 bits per heavy atom. The fourth-order valence-corrected chi connectivity index (χ4v) is 1.58. The number of rotatable bonds is 3. The first-order valence-electron chi connectivity index (χ1n) is 4.96. The number of carbonyl (C=O) groups is 1. The Morgan fingerprint density at radius 3 is 2.47 bits per heavy atom. The number of hydrogen-bond acceptors (Lipinski definition) is 2. The highest BCUT2D eigenvalue weighted by Crippen LogP contribution is 2.21. The van der Waals surface area contributed by atoms with Crippen molar-refractivity contribution in [3.8, 4) is 0 Å². The standard InChI is InChI=1S/C12H17NO2/c1-8-5-6-11(9(2)7-8)13(4)10(3)12(14)15/h5-7,10H,1-4H3,(H,14,15)/t10-/m0/s1. The highest BCUT2D eigenvalue weighted by molar-refractivity contribution is 5.78. The molecule has 0 saturated carbocycles. The lowest BCUT2D eigenvalue weighted by molar-refractivity contribution is -0.138. The molecule has 0 aliphatic carbocycles. The van der Waals surface area contributed by atoms with Gasteiger partial charge in [-0.05, 0) is 32.4 Å². The van der Waals surface area contributed by atoms with Gasteiger partial charge in [0.25, 0.3) is 0 Å². The van der Waals surface area contributed by atoms with Crippen LogP contribution in [0.3, 0.4) is 0 Å². The maximum absolute atomic E-state index is 10.9. The number of benzene rings is 1. The first-order valence-corrected chi connectivity index (χ1v) is 4.96. The van der Waals surface area contributed by atoms with Crippen molar-refractivity contribution >= 4 is 11.7 Å². The van der Waals surface area contributed by atoms with E-state index >= 15 is 0 Å². The van der Waals surface area contributed by atoms with E-state index < -0.39 is 12.0 Å². The van der Waals surface area contributed by atoms with E-state index in [1.165, 1.54) is 5.56 Å². The quantitative estimate of drug-likeness (QED) is 0.826. The normalized spacial score (nSPS) is 12.3. The van der Waals surface area contributed by atoms with Crippen LogP contribution in [0.2, 0.25) is 0 Å². The molecule has 1 atom stereocenters. The average molecular weight is 207 g/mol. The van der Waals surface area contributed by atoms with Crippen molar-refractivity contribution in [3.05, 3.63) is 29.3 Å². The average Bonchev–Trinajstić information content (AvgIpc) is 2.15. The fraction of sp³-hybridized carbons (Fsp3) is 0.417. The Balaban J connectivity index is 3.01. The van der Waals surface area contributed by atoms with Crippen molar-refractivity contribution in [2.45, 2.75) is 26.8 Å². The fourth-order valence-electron chi connectivity index (χ4n) is 1.58. The summed E-state index contributed by atoms with van der Waals surface area (Å²) in [6.45, 7) is 5.70. The van der Waals surface area contributed by atoms with E-state index in [2.05, 4.69) is 6.07 Å². The van der Waals surface area contributed by atoms with Gasteiger partial charge < -0.3 is 10.0 Å². The lowest BCUT2D eigenvalue weighted by atomic mass is 10.1. The highest BCUT2D eigenvalue weighted by Gasteiger charge is 2.18. The van der Waals surface area contributed by atoms with Gasteiger partial charge in [0.05, 0.1) is 0 Å². The number of aliphatic carboxylic acids is 1. The smallest absolute Gasteiger partial charge is 0.326 e. The summed E-state index contributed by atoms with van der Waals surface area (Å²) in [5, 5.41) is 8.92. The molecular weight excluding hydrogens is 190 g/mol. The van der Waals surface area contributed by atoms with E-state index in [0.717, 1.165) is 11.3 Å². The summed E-state index contributed by atoms with van der Waals surface area (Å²) in [6, 6.07) is 5.50. The van der Waals surface area contributed by atoms with Crippen LogP contribution in [0.5, 0.6) is 0 Å². The van der Waals surface area contributed by atoms with Crippen molar-refractivity contribution in [2.75, 3.05) is 11.9 Å². The van der Waals surface area contributed by atoms with Crippen molar-refractivity contribution in [1.29, 1.82) is 0 Å². The Labute approximate surface area is 90.3 Å². The molecule has 3 nitrogen and oxygen atoms in total. The number of aryl methyl sites for hydroxylation is 2. The summed E-state index contributed by atoms with van der Waals surface area (Å²) in [6.07, 6.45) is 0. The summed E-state index contributed by atoms with van der Waals surface area (Å²) in [4.78, 5) is 12.6. The van der Waals surface area contributed by atoms with Crippen LogP contribution in [0.25, 0.3) is 0 Å². The minimum atomic E-state index is -0.808. The molecule has 15 heavy (non-hydrogen) atoms. The molecule has 0 aromatic heterocycles. The molecule has 0 aliphatic rings. The van der Waals surface area contributed by atoms with Crippen LogP contribution in [-0.4, -0.2) is 24.2 Å². The summed E-state index contributed by atoms with van der Waals surface area (Å²) in [5.74, 6) is -0.808. The molecule has 1 aromatic rings. The topological polar surface area (TPSA) is 40.5 Å². The Bertz CT molecular complexity index is 374. The minimum absolute atomic E-state index is 0.508. The van der Waals surface area contributed by atoms with Gasteiger partial charge in [-0.15, -0.1) is 0 Å². The molecule has 0 spiro atoms.